The number of halogens is 3. The van der Waals surface area contributed by atoms with Gasteiger partial charge in [0.1, 0.15) is 28.6 Å². The number of ether oxygens (including phenoxy) is 1. The molecule has 152 valence electrons. The minimum Gasteiger partial charge on any atom is -0.489 e. The lowest BCUT2D eigenvalue weighted by Crippen LogP contribution is -2.16. The molecule has 0 spiro atoms. The van der Waals surface area contributed by atoms with Gasteiger partial charge < -0.3 is 15.8 Å². The van der Waals surface area contributed by atoms with Crippen LogP contribution in [0.2, 0.25) is 0 Å². The van der Waals surface area contributed by atoms with E-state index in [1.54, 1.807) is 24.3 Å². The Labute approximate surface area is 164 Å². The number of carbonyl (C=O) groups excluding carboxylic acids is 1. The molecule has 7 nitrogen and oxygen atoms in total. The van der Waals surface area contributed by atoms with E-state index in [0.29, 0.717) is 17.6 Å². The standard InChI is InChI=1S/C19H18F3N5O2/c1-11(2)29-15-6-4-3-5-14(15)27-17(23)13(10-25-27)18(28)26-16-8-7-12(9-24-16)19(20,21)22/h3-11H,23H2,1-2H3,(H,24,26,28). The van der Waals surface area contributed by atoms with Crippen molar-refractivity contribution < 1.29 is 22.7 Å². The highest BCUT2D eigenvalue weighted by Gasteiger charge is 2.30. The molecule has 1 amide bonds. The molecule has 0 saturated carbocycles. The summed E-state index contributed by atoms with van der Waals surface area (Å²) in [6, 6.07) is 8.95. The number of pyridine rings is 1. The number of hydrogen-bond donors (Lipinski definition) is 2. The number of rotatable bonds is 5. The van der Waals surface area contributed by atoms with Gasteiger partial charge in [-0.3, -0.25) is 4.79 Å². The predicted molar refractivity (Wildman–Crippen MR) is 101 cm³/mol. The van der Waals surface area contributed by atoms with Gasteiger partial charge in [-0.05, 0) is 38.1 Å². The maximum Gasteiger partial charge on any atom is 0.417 e. The monoisotopic (exact) mass is 405 g/mol. The minimum absolute atomic E-state index is 0.0429. The van der Waals surface area contributed by atoms with E-state index in [0.717, 1.165) is 12.1 Å². The fourth-order valence-corrected chi connectivity index (χ4v) is 2.53. The van der Waals surface area contributed by atoms with Crippen LogP contribution in [0.15, 0.2) is 48.8 Å². The number of anilines is 2. The van der Waals surface area contributed by atoms with E-state index < -0.39 is 17.6 Å². The van der Waals surface area contributed by atoms with Crippen LogP contribution in [0.25, 0.3) is 5.69 Å². The zero-order chi connectivity index (χ0) is 21.2. The molecule has 3 N–H and O–H groups in total. The number of amides is 1. The molecule has 0 aliphatic heterocycles. The average Bonchev–Trinajstić information content (AvgIpc) is 3.03. The van der Waals surface area contributed by atoms with E-state index in [4.69, 9.17) is 10.5 Å². The van der Waals surface area contributed by atoms with Gasteiger partial charge in [-0.2, -0.15) is 18.3 Å². The Morgan fingerprint density at radius 2 is 1.90 bits per heavy atom. The maximum absolute atomic E-state index is 12.6. The van der Waals surface area contributed by atoms with Crippen molar-refractivity contribution in [2.45, 2.75) is 26.1 Å². The summed E-state index contributed by atoms with van der Waals surface area (Å²) in [5.41, 5.74) is 5.77. The smallest absolute Gasteiger partial charge is 0.417 e. The highest BCUT2D eigenvalue weighted by Crippen LogP contribution is 2.29. The van der Waals surface area contributed by atoms with E-state index in [2.05, 4.69) is 15.4 Å². The van der Waals surface area contributed by atoms with Crippen LogP contribution in [-0.2, 0) is 6.18 Å². The number of benzene rings is 1. The van der Waals surface area contributed by atoms with E-state index in [9.17, 15) is 18.0 Å². The van der Waals surface area contributed by atoms with Gasteiger partial charge >= 0.3 is 6.18 Å². The summed E-state index contributed by atoms with van der Waals surface area (Å²) in [5.74, 6) is -0.107. The van der Waals surface area contributed by atoms with Crippen molar-refractivity contribution >= 4 is 17.5 Å². The molecule has 0 saturated heterocycles. The molecule has 3 rings (SSSR count). The van der Waals surface area contributed by atoms with Gasteiger partial charge in [-0.15, -0.1) is 0 Å². The lowest BCUT2D eigenvalue weighted by atomic mass is 10.2. The molecule has 0 aliphatic carbocycles. The number of alkyl halides is 3. The molecule has 0 radical (unpaired) electrons. The van der Waals surface area contributed by atoms with Gasteiger partial charge in [-0.25, -0.2) is 9.67 Å². The van der Waals surface area contributed by atoms with Crippen molar-refractivity contribution in [2.24, 2.45) is 0 Å². The lowest BCUT2D eigenvalue weighted by Gasteiger charge is -2.14. The quantitative estimate of drug-likeness (QED) is 0.671. The first-order valence-corrected chi connectivity index (χ1v) is 8.61. The van der Waals surface area contributed by atoms with Crippen molar-refractivity contribution in [2.75, 3.05) is 11.1 Å². The number of nitrogens with one attached hydrogen (secondary N) is 1. The van der Waals surface area contributed by atoms with Crippen molar-refractivity contribution in [3.63, 3.8) is 0 Å². The zero-order valence-electron chi connectivity index (χ0n) is 15.6. The van der Waals surface area contributed by atoms with E-state index >= 15 is 0 Å². The van der Waals surface area contributed by atoms with Gasteiger partial charge in [-0.1, -0.05) is 12.1 Å². The van der Waals surface area contributed by atoms with Crippen LogP contribution < -0.4 is 15.8 Å². The fourth-order valence-electron chi connectivity index (χ4n) is 2.53. The molecular weight excluding hydrogens is 387 g/mol. The van der Waals surface area contributed by atoms with Crippen molar-refractivity contribution in [1.82, 2.24) is 14.8 Å². The Kier molecular flexibility index (Phi) is 5.44. The predicted octanol–water partition coefficient (Wildman–Crippen LogP) is 3.91. The van der Waals surface area contributed by atoms with E-state index in [1.165, 1.54) is 10.9 Å². The molecule has 0 unspecified atom stereocenters. The Hall–Kier alpha value is -3.56. The summed E-state index contributed by atoms with van der Waals surface area (Å²) in [6.07, 6.45) is -2.68. The molecule has 3 aromatic rings. The van der Waals surface area contributed by atoms with Crippen LogP contribution in [0.3, 0.4) is 0 Å². The van der Waals surface area contributed by atoms with Gasteiger partial charge in [0.15, 0.2) is 0 Å². The van der Waals surface area contributed by atoms with Crippen molar-refractivity contribution in [1.29, 1.82) is 0 Å². The molecule has 0 aliphatic rings. The number of carbonyl (C=O) groups is 1. The van der Waals surface area contributed by atoms with Gasteiger partial charge in [0, 0.05) is 6.20 Å². The molecule has 0 fully saturated rings. The Bertz CT molecular complexity index is 1010. The van der Waals surface area contributed by atoms with Gasteiger partial charge in [0.25, 0.3) is 5.91 Å². The first kappa shape index (κ1) is 20.2. The third-order valence-corrected chi connectivity index (χ3v) is 3.84. The number of aromatic nitrogens is 3. The van der Waals surface area contributed by atoms with Crippen molar-refractivity contribution in [3.8, 4) is 11.4 Å². The number of hydrogen-bond acceptors (Lipinski definition) is 5. The zero-order valence-corrected chi connectivity index (χ0v) is 15.6. The third-order valence-electron chi connectivity index (χ3n) is 3.84. The number of para-hydroxylation sites is 2. The Morgan fingerprint density at radius 3 is 2.52 bits per heavy atom. The van der Waals surface area contributed by atoms with Crippen LogP contribution in [-0.4, -0.2) is 26.8 Å². The first-order valence-electron chi connectivity index (χ1n) is 8.61. The summed E-state index contributed by atoms with van der Waals surface area (Å²) < 4.78 is 44.9. The summed E-state index contributed by atoms with van der Waals surface area (Å²) in [5, 5.41) is 6.55. The van der Waals surface area contributed by atoms with Crippen molar-refractivity contribution in [3.05, 3.63) is 59.9 Å². The second-order valence-corrected chi connectivity index (χ2v) is 6.37. The van der Waals surface area contributed by atoms with Crippen LogP contribution >= 0.6 is 0 Å². The second-order valence-electron chi connectivity index (χ2n) is 6.37. The minimum atomic E-state index is -4.51. The maximum atomic E-state index is 12.6. The Morgan fingerprint density at radius 1 is 1.17 bits per heavy atom. The van der Waals surface area contributed by atoms with Crippen LogP contribution in [0.5, 0.6) is 5.75 Å². The summed E-state index contributed by atoms with van der Waals surface area (Å²) in [6.45, 7) is 3.75. The topological polar surface area (TPSA) is 95.1 Å². The molecule has 1 aromatic carbocycles. The molecular formula is C19H18F3N5O2. The second kappa shape index (κ2) is 7.82. The third kappa shape index (κ3) is 4.48. The first-order chi connectivity index (χ1) is 13.7. The SMILES string of the molecule is CC(C)Oc1ccccc1-n1ncc(C(=O)Nc2ccc(C(F)(F)F)cn2)c1N. The van der Waals surface area contributed by atoms with Crippen LogP contribution in [0, 0.1) is 0 Å². The van der Waals surface area contributed by atoms with Gasteiger partial charge in [0.2, 0.25) is 0 Å². The molecule has 10 heteroatoms. The number of nitrogens with two attached hydrogens (primary N) is 1. The number of nitrogen functional groups attached to an aromatic ring is 1. The molecule has 0 bridgehead atoms. The fraction of sp³-hybridized carbons (Fsp3) is 0.211. The Balaban J connectivity index is 1.83. The lowest BCUT2D eigenvalue weighted by molar-refractivity contribution is -0.137. The number of nitrogens with zero attached hydrogens (tertiary/aromatic N) is 3. The van der Waals surface area contributed by atoms with E-state index in [-0.39, 0.29) is 23.3 Å². The largest absolute Gasteiger partial charge is 0.489 e. The molecule has 29 heavy (non-hydrogen) atoms. The highest BCUT2D eigenvalue weighted by atomic mass is 19.4. The summed E-state index contributed by atoms with van der Waals surface area (Å²) in [7, 11) is 0. The van der Waals surface area contributed by atoms with E-state index in [1.807, 2.05) is 13.8 Å². The summed E-state index contributed by atoms with van der Waals surface area (Å²) in [4.78, 5) is 16.1. The molecule has 0 atom stereocenters. The normalized spacial score (nSPS) is 11.5. The van der Waals surface area contributed by atoms with Gasteiger partial charge in [0.05, 0.1) is 17.9 Å². The molecule has 2 heterocycles. The van der Waals surface area contributed by atoms with Crippen LogP contribution in [0.1, 0.15) is 29.8 Å². The molecule has 2 aromatic heterocycles. The highest BCUT2D eigenvalue weighted by molar-refractivity contribution is 6.06. The summed E-state index contributed by atoms with van der Waals surface area (Å²) >= 11 is 0. The average molecular weight is 405 g/mol. The van der Waals surface area contributed by atoms with Crippen LogP contribution in [0.4, 0.5) is 24.8 Å².